The molecule has 1 rings (SSSR count). The van der Waals surface area contributed by atoms with Gasteiger partial charge in [-0.05, 0) is 27.7 Å². The number of carbonyl (C=O) groups excluding carboxylic acids is 1. The number of carbonyl (C=O) groups is 1. The molecule has 4 nitrogen and oxygen atoms in total. The van der Waals surface area contributed by atoms with Crippen molar-refractivity contribution in [3.63, 3.8) is 0 Å². The van der Waals surface area contributed by atoms with E-state index in [1.54, 1.807) is 0 Å². The molecule has 0 amide bonds. The lowest BCUT2D eigenvalue weighted by atomic mass is 10.1. The molecule has 88 valence electrons. The highest BCUT2D eigenvalue weighted by Gasteiger charge is 2.37. The van der Waals surface area contributed by atoms with Crippen LogP contribution in [0.5, 0.6) is 0 Å². The first-order valence-corrected chi connectivity index (χ1v) is 5.44. The Hall–Kier alpha value is -0.450. The minimum Gasteiger partial charge on any atom is -0.350 e. The summed E-state index contributed by atoms with van der Waals surface area (Å²) < 4.78 is 16.5. The predicted octanol–water partition coefficient (Wildman–Crippen LogP) is 1.72. The normalized spacial score (nSPS) is 31.5. The first-order valence-electron chi connectivity index (χ1n) is 5.44. The van der Waals surface area contributed by atoms with Gasteiger partial charge in [-0.25, -0.2) is 0 Å². The fourth-order valence-corrected chi connectivity index (χ4v) is 1.55. The molecule has 1 fully saturated rings. The number of hydrogen-bond acceptors (Lipinski definition) is 4. The van der Waals surface area contributed by atoms with Crippen molar-refractivity contribution in [2.24, 2.45) is 5.92 Å². The number of aldehydes is 1. The van der Waals surface area contributed by atoms with E-state index in [2.05, 4.69) is 0 Å². The third kappa shape index (κ3) is 3.89. The monoisotopic (exact) mass is 216 g/mol. The van der Waals surface area contributed by atoms with E-state index in [0.29, 0.717) is 6.42 Å². The van der Waals surface area contributed by atoms with E-state index in [4.69, 9.17) is 14.2 Å². The maximum atomic E-state index is 10.8. The molecule has 1 saturated heterocycles. The van der Waals surface area contributed by atoms with Crippen LogP contribution in [-0.4, -0.2) is 31.1 Å². The summed E-state index contributed by atoms with van der Waals surface area (Å²) in [7, 11) is 0. The van der Waals surface area contributed by atoms with Crippen LogP contribution in [0.3, 0.4) is 0 Å². The van der Waals surface area contributed by atoms with Gasteiger partial charge in [0.25, 0.3) is 0 Å². The van der Waals surface area contributed by atoms with Crippen molar-refractivity contribution < 1.29 is 19.0 Å². The van der Waals surface area contributed by atoms with Crippen LogP contribution >= 0.6 is 0 Å². The maximum Gasteiger partial charge on any atom is 0.170 e. The number of ether oxygens (including phenoxy) is 3. The molecule has 0 aliphatic carbocycles. The van der Waals surface area contributed by atoms with Gasteiger partial charge in [-0.15, -0.1) is 0 Å². The molecule has 1 aliphatic heterocycles. The molecule has 3 unspecified atom stereocenters. The van der Waals surface area contributed by atoms with E-state index >= 15 is 0 Å². The Morgan fingerprint density at radius 1 is 1.20 bits per heavy atom. The Kier molecular flexibility index (Phi) is 4.70. The zero-order valence-corrected chi connectivity index (χ0v) is 9.80. The van der Waals surface area contributed by atoms with Crippen molar-refractivity contribution in [1.82, 2.24) is 0 Å². The molecule has 3 atom stereocenters. The van der Waals surface area contributed by atoms with Crippen LogP contribution in [-0.2, 0) is 19.0 Å². The van der Waals surface area contributed by atoms with Gasteiger partial charge < -0.3 is 19.0 Å². The van der Waals surface area contributed by atoms with Crippen molar-refractivity contribution in [1.29, 1.82) is 0 Å². The molecular weight excluding hydrogens is 196 g/mol. The fraction of sp³-hybridized carbons (Fsp3) is 0.909. The van der Waals surface area contributed by atoms with Crippen molar-refractivity contribution in [3.05, 3.63) is 0 Å². The van der Waals surface area contributed by atoms with Crippen molar-refractivity contribution in [3.8, 4) is 0 Å². The van der Waals surface area contributed by atoms with E-state index in [9.17, 15) is 4.79 Å². The van der Waals surface area contributed by atoms with Crippen LogP contribution in [0.1, 0.15) is 34.1 Å². The molecule has 0 saturated carbocycles. The summed E-state index contributed by atoms with van der Waals surface area (Å²) in [5.41, 5.74) is 0. The third-order valence-corrected chi connectivity index (χ3v) is 2.11. The van der Waals surface area contributed by atoms with Crippen LogP contribution in [0, 0.1) is 5.92 Å². The van der Waals surface area contributed by atoms with E-state index in [1.165, 1.54) is 0 Å². The molecule has 0 aromatic rings. The zero-order chi connectivity index (χ0) is 11.4. The molecule has 1 heterocycles. The summed E-state index contributed by atoms with van der Waals surface area (Å²) in [6.45, 7) is 7.72. The fourth-order valence-electron chi connectivity index (χ4n) is 1.55. The van der Waals surface area contributed by atoms with Crippen molar-refractivity contribution >= 4 is 6.29 Å². The predicted molar refractivity (Wildman–Crippen MR) is 55.3 cm³/mol. The molecule has 0 aromatic heterocycles. The summed E-state index contributed by atoms with van der Waals surface area (Å²) in [5.74, 6) is -0.212. The molecule has 0 bridgehead atoms. The van der Waals surface area contributed by atoms with Gasteiger partial charge in [0.05, 0.1) is 18.1 Å². The van der Waals surface area contributed by atoms with Gasteiger partial charge in [0.2, 0.25) is 0 Å². The Labute approximate surface area is 90.9 Å². The SMILES string of the molecule is CC(C)OC1CC(C=O)C(OC(C)C)O1. The van der Waals surface area contributed by atoms with Crippen LogP contribution in [0.15, 0.2) is 0 Å². The molecule has 0 N–H and O–H groups in total. The highest BCUT2D eigenvalue weighted by molar-refractivity contribution is 5.54. The summed E-state index contributed by atoms with van der Waals surface area (Å²) >= 11 is 0. The van der Waals surface area contributed by atoms with Crippen LogP contribution in [0.25, 0.3) is 0 Å². The van der Waals surface area contributed by atoms with Crippen LogP contribution in [0.2, 0.25) is 0 Å². The Bertz CT molecular complexity index is 203. The second-order valence-electron chi connectivity index (χ2n) is 4.34. The molecular formula is C11H20O4. The summed E-state index contributed by atoms with van der Waals surface area (Å²) in [6, 6.07) is 0. The average molecular weight is 216 g/mol. The van der Waals surface area contributed by atoms with Gasteiger partial charge in [0.15, 0.2) is 12.6 Å². The lowest BCUT2D eigenvalue weighted by Crippen LogP contribution is -2.25. The van der Waals surface area contributed by atoms with E-state index in [0.717, 1.165) is 6.29 Å². The lowest BCUT2D eigenvalue weighted by molar-refractivity contribution is -0.228. The zero-order valence-electron chi connectivity index (χ0n) is 9.80. The quantitative estimate of drug-likeness (QED) is 0.656. The Morgan fingerprint density at radius 2 is 1.80 bits per heavy atom. The second-order valence-corrected chi connectivity index (χ2v) is 4.34. The molecule has 15 heavy (non-hydrogen) atoms. The summed E-state index contributed by atoms with van der Waals surface area (Å²) in [6.07, 6.45) is 0.848. The Balaban J connectivity index is 2.47. The van der Waals surface area contributed by atoms with Gasteiger partial charge in [0.1, 0.15) is 6.29 Å². The highest BCUT2D eigenvalue weighted by atomic mass is 16.8. The van der Waals surface area contributed by atoms with Gasteiger partial charge in [-0.1, -0.05) is 0 Å². The lowest BCUT2D eigenvalue weighted by Gasteiger charge is -2.19. The first-order chi connectivity index (χ1) is 7.02. The third-order valence-electron chi connectivity index (χ3n) is 2.11. The Morgan fingerprint density at radius 3 is 2.27 bits per heavy atom. The van der Waals surface area contributed by atoms with Crippen LogP contribution in [0.4, 0.5) is 0 Å². The average Bonchev–Trinajstić information content (AvgIpc) is 2.45. The molecule has 0 aromatic carbocycles. The highest BCUT2D eigenvalue weighted by Crippen LogP contribution is 2.28. The van der Waals surface area contributed by atoms with Gasteiger partial charge in [0, 0.05) is 6.42 Å². The van der Waals surface area contributed by atoms with Gasteiger partial charge >= 0.3 is 0 Å². The standard InChI is InChI=1S/C11H20O4/c1-7(2)13-10-5-9(6-12)11(15-10)14-8(3)4/h6-11H,5H2,1-4H3. The number of hydrogen-bond donors (Lipinski definition) is 0. The molecule has 1 aliphatic rings. The smallest absolute Gasteiger partial charge is 0.170 e. The number of rotatable bonds is 5. The van der Waals surface area contributed by atoms with Crippen molar-refractivity contribution in [2.45, 2.75) is 58.9 Å². The maximum absolute atomic E-state index is 10.8. The van der Waals surface area contributed by atoms with Crippen LogP contribution < -0.4 is 0 Å². The van der Waals surface area contributed by atoms with Gasteiger partial charge in [-0.3, -0.25) is 0 Å². The molecule has 0 radical (unpaired) electrons. The summed E-state index contributed by atoms with van der Waals surface area (Å²) in [5, 5.41) is 0. The van der Waals surface area contributed by atoms with E-state index in [-0.39, 0.29) is 24.4 Å². The van der Waals surface area contributed by atoms with Gasteiger partial charge in [-0.2, -0.15) is 0 Å². The van der Waals surface area contributed by atoms with Crippen molar-refractivity contribution in [2.75, 3.05) is 0 Å². The summed E-state index contributed by atoms with van der Waals surface area (Å²) in [4.78, 5) is 10.8. The minimum absolute atomic E-state index is 0.0512. The van der Waals surface area contributed by atoms with E-state index < -0.39 is 6.29 Å². The molecule has 0 spiro atoms. The van der Waals surface area contributed by atoms with E-state index in [1.807, 2.05) is 27.7 Å². The minimum atomic E-state index is -0.453. The first kappa shape index (κ1) is 12.6. The molecule has 4 heteroatoms. The second kappa shape index (κ2) is 5.58. The largest absolute Gasteiger partial charge is 0.350 e. The topological polar surface area (TPSA) is 44.8 Å².